The fraction of sp³-hybridized carbons (Fsp3) is 0.500. The Morgan fingerprint density at radius 2 is 2.23 bits per heavy atom. The molecular weight excluding hydrogens is 276 g/mol. The quantitative estimate of drug-likeness (QED) is 0.941. The van der Waals surface area contributed by atoms with E-state index in [1.807, 2.05) is 24.3 Å². The topological polar surface area (TPSA) is 45.5 Å². The van der Waals surface area contributed by atoms with Gasteiger partial charge in [0.1, 0.15) is 5.58 Å². The van der Waals surface area contributed by atoms with Crippen molar-refractivity contribution < 1.29 is 9.21 Å². The number of nitrogens with one attached hydrogen (secondary N) is 1. The minimum Gasteiger partial charge on any atom is -0.451 e. The summed E-state index contributed by atoms with van der Waals surface area (Å²) >= 11 is 0. The van der Waals surface area contributed by atoms with Gasteiger partial charge in [0.25, 0.3) is 5.91 Å². The molecule has 1 fully saturated rings. The summed E-state index contributed by atoms with van der Waals surface area (Å²) in [6.45, 7) is 6.24. The zero-order valence-electron chi connectivity index (χ0n) is 13.3. The Labute approximate surface area is 131 Å². The van der Waals surface area contributed by atoms with Crippen LogP contribution in [0.3, 0.4) is 0 Å². The number of rotatable bonds is 4. The Hall–Kier alpha value is -1.81. The number of para-hydroxylation sites is 1. The van der Waals surface area contributed by atoms with Gasteiger partial charge in [-0.05, 0) is 45.4 Å². The fourth-order valence-corrected chi connectivity index (χ4v) is 3.31. The van der Waals surface area contributed by atoms with Crippen LogP contribution in [0, 0.1) is 0 Å². The van der Waals surface area contributed by atoms with Crippen LogP contribution >= 0.6 is 0 Å². The molecule has 1 aliphatic heterocycles. The second-order valence-corrected chi connectivity index (χ2v) is 6.29. The third kappa shape index (κ3) is 3.17. The van der Waals surface area contributed by atoms with Gasteiger partial charge in [-0.25, -0.2) is 0 Å². The van der Waals surface area contributed by atoms with E-state index >= 15 is 0 Å². The highest BCUT2D eigenvalue weighted by Crippen LogP contribution is 2.20. The summed E-state index contributed by atoms with van der Waals surface area (Å²) in [5, 5.41) is 3.97. The number of hydrogen-bond acceptors (Lipinski definition) is 3. The number of amides is 1. The molecule has 2 heterocycles. The van der Waals surface area contributed by atoms with Crippen LogP contribution in [0.4, 0.5) is 0 Å². The Balaban J connectivity index is 1.59. The maximum Gasteiger partial charge on any atom is 0.287 e. The van der Waals surface area contributed by atoms with E-state index in [-0.39, 0.29) is 5.91 Å². The SMILES string of the molecule is C[C@@H]1CCCCN1[C@@H](C)CNC(=O)c1cc2ccccc2o1. The first-order chi connectivity index (χ1) is 10.6. The average Bonchev–Trinajstić information content (AvgIpc) is 2.97. The summed E-state index contributed by atoms with van der Waals surface area (Å²) in [5.74, 6) is 0.257. The zero-order chi connectivity index (χ0) is 15.5. The van der Waals surface area contributed by atoms with E-state index in [0.717, 1.165) is 17.5 Å². The molecule has 22 heavy (non-hydrogen) atoms. The lowest BCUT2D eigenvalue weighted by molar-refractivity contribution is 0.0864. The Kier molecular flexibility index (Phi) is 4.48. The van der Waals surface area contributed by atoms with Gasteiger partial charge >= 0.3 is 0 Å². The molecular formula is C18H24N2O2. The number of benzene rings is 1. The van der Waals surface area contributed by atoms with Crippen LogP contribution in [0.2, 0.25) is 0 Å². The molecule has 0 spiro atoms. The lowest BCUT2D eigenvalue weighted by Crippen LogP contribution is -2.48. The van der Waals surface area contributed by atoms with Gasteiger partial charge in [-0.3, -0.25) is 9.69 Å². The van der Waals surface area contributed by atoms with Crippen molar-refractivity contribution in [3.63, 3.8) is 0 Å². The lowest BCUT2D eigenvalue weighted by Gasteiger charge is -2.38. The molecule has 1 aliphatic rings. The highest BCUT2D eigenvalue weighted by atomic mass is 16.3. The highest BCUT2D eigenvalue weighted by molar-refractivity contribution is 5.96. The van der Waals surface area contributed by atoms with Gasteiger partial charge in [0.15, 0.2) is 5.76 Å². The minimum absolute atomic E-state index is 0.132. The van der Waals surface area contributed by atoms with Crippen molar-refractivity contribution >= 4 is 16.9 Å². The summed E-state index contributed by atoms with van der Waals surface area (Å²) in [6, 6.07) is 10.4. The van der Waals surface area contributed by atoms with Crippen LogP contribution in [-0.2, 0) is 0 Å². The van der Waals surface area contributed by atoms with Crippen molar-refractivity contribution in [3.8, 4) is 0 Å². The van der Waals surface area contributed by atoms with Crippen molar-refractivity contribution in [2.45, 2.75) is 45.2 Å². The Morgan fingerprint density at radius 1 is 1.41 bits per heavy atom. The van der Waals surface area contributed by atoms with Crippen molar-refractivity contribution in [1.82, 2.24) is 10.2 Å². The number of nitrogens with zero attached hydrogens (tertiary/aromatic N) is 1. The molecule has 1 saturated heterocycles. The van der Waals surface area contributed by atoms with E-state index in [2.05, 4.69) is 24.1 Å². The highest BCUT2D eigenvalue weighted by Gasteiger charge is 2.23. The molecule has 0 bridgehead atoms. The van der Waals surface area contributed by atoms with Crippen LogP contribution in [0.25, 0.3) is 11.0 Å². The van der Waals surface area contributed by atoms with Gasteiger partial charge in [0, 0.05) is 24.0 Å². The summed E-state index contributed by atoms with van der Waals surface area (Å²) in [4.78, 5) is 14.7. The molecule has 4 nitrogen and oxygen atoms in total. The Bertz CT molecular complexity index is 616. The summed E-state index contributed by atoms with van der Waals surface area (Å²) in [7, 11) is 0. The van der Waals surface area contributed by atoms with Crippen molar-refractivity contribution in [2.75, 3.05) is 13.1 Å². The lowest BCUT2D eigenvalue weighted by atomic mass is 10.0. The van der Waals surface area contributed by atoms with E-state index in [0.29, 0.717) is 24.4 Å². The van der Waals surface area contributed by atoms with E-state index in [1.165, 1.54) is 19.3 Å². The molecule has 2 atom stereocenters. The summed E-state index contributed by atoms with van der Waals surface area (Å²) in [5.41, 5.74) is 0.755. The number of carbonyl (C=O) groups excluding carboxylic acids is 1. The van der Waals surface area contributed by atoms with Gasteiger partial charge in [-0.15, -0.1) is 0 Å². The van der Waals surface area contributed by atoms with E-state index in [9.17, 15) is 4.79 Å². The third-order valence-corrected chi connectivity index (χ3v) is 4.63. The number of carbonyl (C=O) groups is 1. The van der Waals surface area contributed by atoms with Crippen LogP contribution in [-0.4, -0.2) is 36.0 Å². The van der Waals surface area contributed by atoms with E-state index in [1.54, 1.807) is 6.07 Å². The number of furan rings is 1. The predicted molar refractivity (Wildman–Crippen MR) is 88.0 cm³/mol. The van der Waals surface area contributed by atoms with Gasteiger partial charge in [-0.2, -0.15) is 0 Å². The Morgan fingerprint density at radius 3 is 3.00 bits per heavy atom. The molecule has 1 aromatic carbocycles. The first-order valence-corrected chi connectivity index (χ1v) is 8.17. The van der Waals surface area contributed by atoms with Crippen molar-refractivity contribution in [1.29, 1.82) is 0 Å². The molecule has 0 aliphatic carbocycles. The molecule has 0 saturated carbocycles. The van der Waals surface area contributed by atoms with Gasteiger partial charge < -0.3 is 9.73 Å². The van der Waals surface area contributed by atoms with Crippen molar-refractivity contribution in [2.24, 2.45) is 0 Å². The molecule has 0 unspecified atom stereocenters. The molecule has 1 aromatic heterocycles. The molecule has 1 amide bonds. The summed E-state index contributed by atoms with van der Waals surface area (Å²) in [6.07, 6.45) is 3.82. The standard InChI is InChI=1S/C18H24N2O2/c1-13-7-5-6-10-20(13)14(2)12-19-18(21)17-11-15-8-3-4-9-16(15)22-17/h3-4,8-9,11,13-14H,5-7,10,12H2,1-2H3,(H,19,21)/t13-,14+/m1/s1. The first kappa shape index (κ1) is 15.1. The normalized spacial score (nSPS) is 20.9. The molecule has 3 rings (SSSR count). The van der Waals surface area contributed by atoms with E-state index < -0.39 is 0 Å². The van der Waals surface area contributed by atoms with Crippen LogP contribution in [0.1, 0.15) is 43.7 Å². The first-order valence-electron chi connectivity index (χ1n) is 8.17. The predicted octanol–water partition coefficient (Wildman–Crippen LogP) is 3.43. The smallest absolute Gasteiger partial charge is 0.287 e. The molecule has 118 valence electrons. The average molecular weight is 300 g/mol. The number of fused-ring (bicyclic) bond motifs is 1. The molecule has 4 heteroatoms. The third-order valence-electron chi connectivity index (χ3n) is 4.63. The monoisotopic (exact) mass is 300 g/mol. The van der Waals surface area contributed by atoms with Gasteiger partial charge in [0.05, 0.1) is 0 Å². The van der Waals surface area contributed by atoms with E-state index in [4.69, 9.17) is 4.42 Å². The fourth-order valence-electron chi connectivity index (χ4n) is 3.31. The summed E-state index contributed by atoms with van der Waals surface area (Å²) < 4.78 is 5.60. The van der Waals surface area contributed by atoms with Gasteiger partial charge in [0.2, 0.25) is 0 Å². The molecule has 2 aromatic rings. The van der Waals surface area contributed by atoms with Gasteiger partial charge in [-0.1, -0.05) is 24.6 Å². The number of likely N-dealkylation sites (tertiary alicyclic amines) is 1. The van der Waals surface area contributed by atoms with Crippen LogP contribution < -0.4 is 5.32 Å². The molecule has 1 N–H and O–H groups in total. The van der Waals surface area contributed by atoms with Crippen LogP contribution in [0.15, 0.2) is 34.7 Å². The maximum absolute atomic E-state index is 12.3. The number of piperidine rings is 1. The second kappa shape index (κ2) is 6.53. The largest absolute Gasteiger partial charge is 0.451 e. The minimum atomic E-state index is -0.132. The van der Waals surface area contributed by atoms with Crippen LogP contribution in [0.5, 0.6) is 0 Å². The molecule has 0 radical (unpaired) electrons. The number of hydrogen-bond donors (Lipinski definition) is 1. The second-order valence-electron chi connectivity index (χ2n) is 6.29. The maximum atomic E-state index is 12.3. The van der Waals surface area contributed by atoms with Crippen molar-refractivity contribution in [3.05, 3.63) is 36.1 Å². The zero-order valence-corrected chi connectivity index (χ0v) is 13.3.